The molecule has 1 N–H and O–H groups in total. The number of halogens is 1. The summed E-state index contributed by atoms with van der Waals surface area (Å²) in [5.74, 6) is 0.858. The van der Waals surface area contributed by atoms with Gasteiger partial charge in [-0.05, 0) is 55.3 Å². The third kappa shape index (κ3) is 5.37. The summed E-state index contributed by atoms with van der Waals surface area (Å²) in [5, 5.41) is 3.75. The number of aryl methyl sites for hydroxylation is 1. The van der Waals surface area contributed by atoms with Crippen LogP contribution in [-0.2, 0) is 4.79 Å². The number of amides is 1. The van der Waals surface area contributed by atoms with Crippen LogP contribution in [0.25, 0.3) is 0 Å². The SMILES string of the molecule is Cc1cccc(NC(=O)CSc2cc(N3CCN(c4ccc(F)cc4)CC3)ncn2)c1C. The largest absolute Gasteiger partial charge is 0.368 e. The minimum Gasteiger partial charge on any atom is -0.368 e. The Kier molecular flexibility index (Phi) is 6.90. The molecule has 1 saturated heterocycles. The standard InChI is InChI=1S/C24H26FN5OS/c1-17-4-3-5-21(18(17)2)28-23(31)15-32-24-14-22(26-16-27-24)30-12-10-29(11-13-30)20-8-6-19(25)7-9-20/h3-9,14,16H,10-13,15H2,1-2H3,(H,28,31). The lowest BCUT2D eigenvalue weighted by atomic mass is 10.1. The maximum atomic E-state index is 13.2. The smallest absolute Gasteiger partial charge is 0.234 e. The van der Waals surface area contributed by atoms with Crippen LogP contribution in [0.1, 0.15) is 11.1 Å². The van der Waals surface area contributed by atoms with Gasteiger partial charge in [-0.1, -0.05) is 23.9 Å². The number of carbonyl (C=O) groups excluding carboxylic acids is 1. The molecule has 0 bridgehead atoms. The van der Waals surface area contributed by atoms with E-state index in [0.717, 1.165) is 59.5 Å². The molecular weight excluding hydrogens is 425 g/mol. The zero-order valence-corrected chi connectivity index (χ0v) is 19.0. The van der Waals surface area contributed by atoms with Crippen LogP contribution < -0.4 is 15.1 Å². The summed E-state index contributed by atoms with van der Waals surface area (Å²) in [6, 6.07) is 14.4. The number of nitrogens with one attached hydrogen (secondary N) is 1. The summed E-state index contributed by atoms with van der Waals surface area (Å²) < 4.78 is 13.2. The molecule has 1 fully saturated rings. The van der Waals surface area contributed by atoms with Crippen molar-refractivity contribution < 1.29 is 9.18 Å². The number of piperazine rings is 1. The first kappa shape index (κ1) is 22.1. The summed E-state index contributed by atoms with van der Waals surface area (Å²) >= 11 is 1.40. The molecule has 0 radical (unpaired) electrons. The molecule has 4 rings (SSSR count). The van der Waals surface area contributed by atoms with Gasteiger partial charge in [-0.3, -0.25) is 4.79 Å². The first-order valence-corrected chi connectivity index (χ1v) is 11.5. The predicted octanol–water partition coefficient (Wildman–Crippen LogP) is 4.29. The second kappa shape index (κ2) is 9.99. The Balaban J connectivity index is 1.31. The van der Waals surface area contributed by atoms with E-state index in [-0.39, 0.29) is 17.5 Å². The Morgan fingerprint density at radius 2 is 1.75 bits per heavy atom. The van der Waals surface area contributed by atoms with E-state index in [1.807, 2.05) is 50.2 Å². The molecule has 0 unspecified atom stereocenters. The summed E-state index contributed by atoms with van der Waals surface area (Å²) in [4.78, 5) is 25.6. The molecule has 0 atom stereocenters. The van der Waals surface area contributed by atoms with Crippen LogP contribution in [-0.4, -0.2) is 47.8 Å². The maximum absolute atomic E-state index is 13.2. The molecule has 0 spiro atoms. The van der Waals surface area contributed by atoms with E-state index in [2.05, 4.69) is 25.1 Å². The average Bonchev–Trinajstić information content (AvgIpc) is 2.82. The van der Waals surface area contributed by atoms with Crippen LogP contribution in [0.15, 0.2) is 59.9 Å². The number of benzene rings is 2. The molecule has 6 nitrogen and oxygen atoms in total. The van der Waals surface area contributed by atoms with E-state index in [4.69, 9.17) is 0 Å². The highest BCUT2D eigenvalue weighted by Crippen LogP contribution is 2.24. The molecule has 1 aliphatic heterocycles. The molecule has 166 valence electrons. The second-order valence-corrected chi connectivity index (χ2v) is 8.74. The first-order chi connectivity index (χ1) is 15.5. The second-order valence-electron chi connectivity index (χ2n) is 7.75. The van der Waals surface area contributed by atoms with E-state index in [0.29, 0.717) is 0 Å². The summed E-state index contributed by atoms with van der Waals surface area (Å²) in [7, 11) is 0. The van der Waals surface area contributed by atoms with Crippen LogP contribution in [0.3, 0.4) is 0 Å². The van der Waals surface area contributed by atoms with E-state index < -0.39 is 0 Å². The highest BCUT2D eigenvalue weighted by molar-refractivity contribution is 7.99. The molecule has 32 heavy (non-hydrogen) atoms. The lowest BCUT2D eigenvalue weighted by Crippen LogP contribution is -2.46. The maximum Gasteiger partial charge on any atom is 0.234 e. The molecule has 2 heterocycles. The number of nitrogens with zero attached hydrogens (tertiary/aromatic N) is 4. The van der Waals surface area contributed by atoms with E-state index in [1.165, 1.54) is 23.9 Å². The number of thioether (sulfide) groups is 1. The van der Waals surface area contributed by atoms with Gasteiger partial charge in [0.25, 0.3) is 0 Å². The normalized spacial score (nSPS) is 13.8. The third-order valence-corrected chi connectivity index (χ3v) is 6.58. The molecule has 0 saturated carbocycles. The Bertz CT molecular complexity index is 1080. The quantitative estimate of drug-likeness (QED) is 0.446. The van der Waals surface area contributed by atoms with Crippen molar-refractivity contribution in [1.29, 1.82) is 0 Å². The lowest BCUT2D eigenvalue weighted by molar-refractivity contribution is -0.113. The van der Waals surface area contributed by atoms with Gasteiger partial charge in [-0.15, -0.1) is 0 Å². The summed E-state index contributed by atoms with van der Waals surface area (Å²) in [5.41, 5.74) is 4.10. The van der Waals surface area contributed by atoms with Crippen molar-refractivity contribution in [2.75, 3.05) is 47.0 Å². The fraction of sp³-hybridized carbons (Fsp3) is 0.292. The summed E-state index contributed by atoms with van der Waals surface area (Å²) in [6.07, 6.45) is 1.55. The van der Waals surface area contributed by atoms with Crippen LogP contribution in [0.4, 0.5) is 21.6 Å². The number of hydrogen-bond acceptors (Lipinski definition) is 6. The van der Waals surface area contributed by atoms with Gasteiger partial charge in [0.05, 0.1) is 5.75 Å². The highest BCUT2D eigenvalue weighted by Gasteiger charge is 2.19. The Hall–Kier alpha value is -3.13. The van der Waals surface area contributed by atoms with Gasteiger partial charge in [0, 0.05) is 43.6 Å². The molecule has 3 aromatic rings. The van der Waals surface area contributed by atoms with Crippen molar-refractivity contribution in [3.8, 4) is 0 Å². The molecular formula is C24H26FN5OS. The van der Waals surface area contributed by atoms with Gasteiger partial charge >= 0.3 is 0 Å². The number of carbonyl (C=O) groups is 1. The van der Waals surface area contributed by atoms with Crippen molar-refractivity contribution in [1.82, 2.24) is 9.97 Å². The third-order valence-electron chi connectivity index (χ3n) is 5.65. The van der Waals surface area contributed by atoms with Crippen molar-refractivity contribution >= 4 is 34.9 Å². The number of anilines is 3. The Morgan fingerprint density at radius 3 is 2.50 bits per heavy atom. The number of rotatable bonds is 6. The Morgan fingerprint density at radius 1 is 1.03 bits per heavy atom. The van der Waals surface area contributed by atoms with E-state index in [9.17, 15) is 9.18 Å². The van der Waals surface area contributed by atoms with Crippen molar-refractivity contribution in [3.63, 3.8) is 0 Å². The van der Waals surface area contributed by atoms with Crippen LogP contribution >= 0.6 is 11.8 Å². The fourth-order valence-electron chi connectivity index (χ4n) is 3.64. The number of hydrogen-bond donors (Lipinski definition) is 1. The van der Waals surface area contributed by atoms with Gasteiger partial charge < -0.3 is 15.1 Å². The fourth-order valence-corrected chi connectivity index (χ4v) is 4.30. The highest BCUT2D eigenvalue weighted by atomic mass is 32.2. The summed E-state index contributed by atoms with van der Waals surface area (Å²) in [6.45, 7) is 7.32. The number of aromatic nitrogens is 2. The van der Waals surface area contributed by atoms with Gasteiger partial charge in [0.2, 0.25) is 5.91 Å². The lowest BCUT2D eigenvalue weighted by Gasteiger charge is -2.36. The minimum absolute atomic E-state index is 0.0585. The first-order valence-electron chi connectivity index (χ1n) is 10.6. The molecule has 1 aromatic heterocycles. The van der Waals surface area contributed by atoms with Gasteiger partial charge in [-0.25, -0.2) is 14.4 Å². The Labute approximate surface area is 191 Å². The van der Waals surface area contributed by atoms with Gasteiger partial charge in [0.15, 0.2) is 0 Å². The zero-order chi connectivity index (χ0) is 22.5. The monoisotopic (exact) mass is 451 g/mol. The van der Waals surface area contributed by atoms with Crippen LogP contribution in [0.2, 0.25) is 0 Å². The van der Waals surface area contributed by atoms with Crippen LogP contribution in [0, 0.1) is 19.7 Å². The molecule has 0 aliphatic carbocycles. The molecule has 8 heteroatoms. The van der Waals surface area contributed by atoms with Crippen LogP contribution in [0.5, 0.6) is 0 Å². The molecule has 1 aliphatic rings. The molecule has 1 amide bonds. The average molecular weight is 452 g/mol. The van der Waals surface area contributed by atoms with Crippen molar-refractivity contribution in [3.05, 3.63) is 71.8 Å². The predicted molar refractivity (Wildman–Crippen MR) is 128 cm³/mol. The van der Waals surface area contributed by atoms with Crippen molar-refractivity contribution in [2.45, 2.75) is 18.9 Å². The van der Waals surface area contributed by atoms with Crippen molar-refractivity contribution in [2.24, 2.45) is 0 Å². The topological polar surface area (TPSA) is 61.4 Å². The van der Waals surface area contributed by atoms with Gasteiger partial charge in [-0.2, -0.15) is 0 Å². The zero-order valence-electron chi connectivity index (χ0n) is 18.2. The van der Waals surface area contributed by atoms with E-state index in [1.54, 1.807) is 6.33 Å². The van der Waals surface area contributed by atoms with E-state index >= 15 is 0 Å². The molecule has 2 aromatic carbocycles. The van der Waals surface area contributed by atoms with Gasteiger partial charge in [0.1, 0.15) is 23.0 Å². The minimum atomic E-state index is -0.221.